The molecular formula is C21H20FN3O5. The molecule has 1 aliphatic heterocycles. The van der Waals surface area contributed by atoms with Crippen LogP contribution in [-0.2, 0) is 4.79 Å². The summed E-state index contributed by atoms with van der Waals surface area (Å²) in [6.45, 7) is 0.348. The molecule has 0 bridgehead atoms. The highest BCUT2D eigenvalue weighted by Gasteiger charge is 2.36. The third kappa shape index (κ3) is 3.54. The van der Waals surface area contributed by atoms with E-state index in [0.29, 0.717) is 35.2 Å². The van der Waals surface area contributed by atoms with E-state index in [1.807, 2.05) is 0 Å². The molecule has 9 heteroatoms. The van der Waals surface area contributed by atoms with Gasteiger partial charge in [-0.3, -0.25) is 4.79 Å². The zero-order chi connectivity index (χ0) is 21.3. The van der Waals surface area contributed by atoms with Crippen molar-refractivity contribution < 1.29 is 27.9 Å². The van der Waals surface area contributed by atoms with Crippen molar-refractivity contribution in [1.29, 1.82) is 0 Å². The van der Waals surface area contributed by atoms with E-state index in [4.69, 9.17) is 18.7 Å². The molecule has 1 saturated heterocycles. The molecule has 8 nitrogen and oxygen atoms in total. The molecule has 1 fully saturated rings. The monoisotopic (exact) mass is 413 g/mol. The molecule has 0 aliphatic carbocycles. The Hall–Kier alpha value is -3.62. The molecule has 1 aliphatic rings. The van der Waals surface area contributed by atoms with E-state index in [9.17, 15) is 9.18 Å². The second-order valence-electron chi connectivity index (χ2n) is 6.75. The molecular weight excluding hydrogens is 393 g/mol. The van der Waals surface area contributed by atoms with Gasteiger partial charge in [-0.05, 0) is 30.3 Å². The standard InChI is InChI=1S/C21H20FN3O5/c1-27-14-5-7-18(29-3)16(10-14)25-11-13(9-19(25)26)21-23-20(24-30-21)12-4-6-17(28-2)15(22)8-12/h4-8,10,13H,9,11H2,1-3H3. The molecule has 1 aromatic heterocycles. The Kier molecular flexibility index (Phi) is 5.26. The van der Waals surface area contributed by atoms with E-state index < -0.39 is 5.82 Å². The number of nitrogens with zero attached hydrogens (tertiary/aromatic N) is 3. The Morgan fingerprint density at radius 1 is 1.07 bits per heavy atom. The number of aromatic nitrogens is 2. The predicted molar refractivity (Wildman–Crippen MR) is 106 cm³/mol. The zero-order valence-electron chi connectivity index (χ0n) is 16.7. The average Bonchev–Trinajstić information content (AvgIpc) is 3.40. The van der Waals surface area contributed by atoms with Crippen LogP contribution in [0.2, 0.25) is 0 Å². The van der Waals surface area contributed by atoms with Crippen LogP contribution in [0, 0.1) is 5.82 Å². The SMILES string of the molecule is COc1ccc(OC)c(N2CC(c3nc(-c4ccc(OC)c(F)c4)no3)CC2=O)c1. The number of ether oxygens (including phenoxy) is 3. The van der Waals surface area contributed by atoms with Gasteiger partial charge in [-0.25, -0.2) is 4.39 Å². The van der Waals surface area contributed by atoms with Gasteiger partial charge in [0.2, 0.25) is 17.6 Å². The number of methoxy groups -OCH3 is 3. The first kappa shape index (κ1) is 19.7. The van der Waals surface area contributed by atoms with E-state index in [-0.39, 0.29) is 29.8 Å². The third-order valence-corrected chi connectivity index (χ3v) is 5.00. The Labute approximate surface area is 172 Å². The maximum absolute atomic E-state index is 14.0. The van der Waals surface area contributed by atoms with Crippen LogP contribution in [0.4, 0.5) is 10.1 Å². The fraction of sp³-hybridized carbons (Fsp3) is 0.286. The predicted octanol–water partition coefficient (Wildman–Crippen LogP) is 3.42. The summed E-state index contributed by atoms with van der Waals surface area (Å²) in [5.41, 5.74) is 1.07. The smallest absolute Gasteiger partial charge is 0.232 e. The van der Waals surface area contributed by atoms with E-state index in [1.165, 1.54) is 19.2 Å². The second-order valence-corrected chi connectivity index (χ2v) is 6.75. The van der Waals surface area contributed by atoms with Crippen molar-refractivity contribution in [2.24, 2.45) is 0 Å². The Bertz CT molecular complexity index is 1080. The number of carbonyl (C=O) groups excluding carboxylic acids is 1. The largest absolute Gasteiger partial charge is 0.497 e. The summed E-state index contributed by atoms with van der Waals surface area (Å²) in [5, 5.41) is 3.94. The molecule has 30 heavy (non-hydrogen) atoms. The maximum Gasteiger partial charge on any atom is 0.232 e. The third-order valence-electron chi connectivity index (χ3n) is 5.00. The first-order valence-corrected chi connectivity index (χ1v) is 9.24. The normalized spacial score (nSPS) is 16.1. The van der Waals surface area contributed by atoms with Crippen LogP contribution in [0.25, 0.3) is 11.4 Å². The number of benzene rings is 2. The second kappa shape index (κ2) is 8.02. The number of amides is 1. The highest BCUT2D eigenvalue weighted by atomic mass is 19.1. The van der Waals surface area contributed by atoms with E-state index in [0.717, 1.165) is 0 Å². The van der Waals surface area contributed by atoms with Crippen LogP contribution in [0.1, 0.15) is 18.2 Å². The molecule has 3 aromatic rings. The summed E-state index contributed by atoms with van der Waals surface area (Å²) >= 11 is 0. The molecule has 0 spiro atoms. The van der Waals surface area contributed by atoms with Gasteiger partial charge in [-0.15, -0.1) is 0 Å². The van der Waals surface area contributed by atoms with Gasteiger partial charge in [0, 0.05) is 24.6 Å². The lowest BCUT2D eigenvalue weighted by Gasteiger charge is -2.20. The maximum atomic E-state index is 14.0. The van der Waals surface area contributed by atoms with Crippen LogP contribution in [0.3, 0.4) is 0 Å². The summed E-state index contributed by atoms with van der Waals surface area (Å²) in [6, 6.07) is 9.68. The minimum Gasteiger partial charge on any atom is -0.497 e. The van der Waals surface area contributed by atoms with Crippen molar-refractivity contribution >= 4 is 11.6 Å². The van der Waals surface area contributed by atoms with E-state index >= 15 is 0 Å². The Balaban J connectivity index is 1.58. The number of hydrogen-bond donors (Lipinski definition) is 0. The molecule has 1 amide bonds. The van der Waals surface area contributed by atoms with Crippen molar-refractivity contribution in [3.8, 4) is 28.6 Å². The minimum atomic E-state index is -0.520. The molecule has 156 valence electrons. The molecule has 2 heterocycles. The number of carbonyl (C=O) groups is 1. The lowest BCUT2D eigenvalue weighted by atomic mass is 10.1. The number of halogens is 1. The topological polar surface area (TPSA) is 86.9 Å². The van der Waals surface area contributed by atoms with Crippen LogP contribution in [-0.4, -0.2) is 43.9 Å². The molecule has 1 atom stereocenters. The van der Waals surface area contributed by atoms with E-state index in [2.05, 4.69) is 10.1 Å². The van der Waals surface area contributed by atoms with Crippen LogP contribution in [0.15, 0.2) is 40.9 Å². The fourth-order valence-electron chi connectivity index (χ4n) is 3.44. The van der Waals surface area contributed by atoms with Crippen molar-refractivity contribution in [3.63, 3.8) is 0 Å². The lowest BCUT2D eigenvalue weighted by Crippen LogP contribution is -2.24. The molecule has 4 rings (SSSR count). The summed E-state index contributed by atoms with van der Waals surface area (Å²) in [5.74, 6) is 0.962. The number of anilines is 1. The first-order chi connectivity index (χ1) is 14.5. The van der Waals surface area contributed by atoms with Gasteiger partial charge < -0.3 is 23.6 Å². The van der Waals surface area contributed by atoms with Gasteiger partial charge in [0.25, 0.3) is 0 Å². The van der Waals surface area contributed by atoms with Crippen molar-refractivity contribution in [3.05, 3.63) is 48.1 Å². The number of rotatable bonds is 6. The van der Waals surface area contributed by atoms with Gasteiger partial charge in [0.05, 0.1) is 32.9 Å². The zero-order valence-corrected chi connectivity index (χ0v) is 16.7. The molecule has 0 N–H and O–H groups in total. The van der Waals surface area contributed by atoms with Crippen molar-refractivity contribution in [2.45, 2.75) is 12.3 Å². The quantitative estimate of drug-likeness (QED) is 0.612. The van der Waals surface area contributed by atoms with E-state index in [1.54, 1.807) is 43.4 Å². The highest BCUT2D eigenvalue weighted by Crippen LogP contribution is 2.38. The van der Waals surface area contributed by atoms with Gasteiger partial charge >= 0.3 is 0 Å². The minimum absolute atomic E-state index is 0.0956. The first-order valence-electron chi connectivity index (χ1n) is 9.24. The van der Waals surface area contributed by atoms with Crippen LogP contribution in [0.5, 0.6) is 17.2 Å². The van der Waals surface area contributed by atoms with Gasteiger partial charge in [-0.1, -0.05) is 5.16 Å². The van der Waals surface area contributed by atoms with Gasteiger partial charge in [0.1, 0.15) is 11.5 Å². The summed E-state index contributed by atoms with van der Waals surface area (Å²) in [4.78, 5) is 18.7. The lowest BCUT2D eigenvalue weighted by molar-refractivity contribution is -0.117. The van der Waals surface area contributed by atoms with Gasteiger partial charge in [-0.2, -0.15) is 4.98 Å². The highest BCUT2D eigenvalue weighted by molar-refractivity contribution is 5.98. The Morgan fingerprint density at radius 3 is 2.53 bits per heavy atom. The average molecular weight is 413 g/mol. The summed E-state index contributed by atoms with van der Waals surface area (Å²) < 4.78 is 34.9. The van der Waals surface area contributed by atoms with Crippen LogP contribution >= 0.6 is 0 Å². The van der Waals surface area contributed by atoms with Crippen molar-refractivity contribution in [1.82, 2.24) is 10.1 Å². The molecule has 0 radical (unpaired) electrons. The fourth-order valence-corrected chi connectivity index (χ4v) is 3.44. The van der Waals surface area contributed by atoms with Crippen molar-refractivity contribution in [2.75, 3.05) is 32.8 Å². The summed E-state index contributed by atoms with van der Waals surface area (Å²) in [7, 11) is 4.49. The Morgan fingerprint density at radius 2 is 1.83 bits per heavy atom. The van der Waals surface area contributed by atoms with Gasteiger partial charge in [0.15, 0.2) is 11.6 Å². The van der Waals surface area contributed by atoms with Crippen LogP contribution < -0.4 is 19.1 Å². The molecule has 2 aromatic carbocycles. The molecule has 0 saturated carbocycles. The molecule has 1 unspecified atom stereocenters. The summed E-state index contributed by atoms with van der Waals surface area (Å²) in [6.07, 6.45) is 0.207. The number of hydrogen-bond acceptors (Lipinski definition) is 7.